The van der Waals surface area contributed by atoms with Gasteiger partial charge in [0.25, 0.3) is 5.56 Å². The number of pyridine rings is 1. The van der Waals surface area contributed by atoms with Gasteiger partial charge in [-0.2, -0.15) is 0 Å². The summed E-state index contributed by atoms with van der Waals surface area (Å²) >= 11 is 0. The second kappa shape index (κ2) is 8.41. The number of anilines is 1. The van der Waals surface area contributed by atoms with Crippen LogP contribution in [0.25, 0.3) is 0 Å². The van der Waals surface area contributed by atoms with E-state index in [0.717, 1.165) is 36.6 Å². The number of nitrogens with zero attached hydrogens (tertiary/aromatic N) is 3. The molecule has 0 saturated carbocycles. The number of rotatable bonds is 8. The van der Waals surface area contributed by atoms with Crippen LogP contribution < -0.4 is 10.9 Å². The van der Waals surface area contributed by atoms with Gasteiger partial charge in [0, 0.05) is 37.5 Å². The van der Waals surface area contributed by atoms with Crippen molar-refractivity contribution in [2.24, 2.45) is 0 Å². The van der Waals surface area contributed by atoms with Gasteiger partial charge in [-0.15, -0.1) is 0 Å². The van der Waals surface area contributed by atoms with Crippen molar-refractivity contribution in [1.29, 1.82) is 0 Å². The summed E-state index contributed by atoms with van der Waals surface area (Å²) in [6, 6.07) is 3.50. The Morgan fingerprint density at radius 2 is 2.08 bits per heavy atom. The molecule has 134 valence electrons. The molecule has 0 unspecified atom stereocenters. The van der Waals surface area contributed by atoms with E-state index in [4.69, 9.17) is 5.11 Å². The molecule has 2 rings (SSSR count). The third-order valence-electron chi connectivity index (χ3n) is 3.90. The maximum Gasteiger partial charge on any atom is 0.341 e. The zero-order valence-electron chi connectivity index (χ0n) is 14.9. The van der Waals surface area contributed by atoms with E-state index in [1.165, 1.54) is 4.57 Å². The highest BCUT2D eigenvalue weighted by Gasteiger charge is 2.14. The largest absolute Gasteiger partial charge is 0.477 e. The zero-order valence-corrected chi connectivity index (χ0v) is 14.9. The smallest absolute Gasteiger partial charge is 0.341 e. The fourth-order valence-electron chi connectivity index (χ4n) is 2.57. The van der Waals surface area contributed by atoms with Gasteiger partial charge >= 0.3 is 5.97 Å². The molecule has 2 aromatic rings. The van der Waals surface area contributed by atoms with Crippen LogP contribution in [0.5, 0.6) is 0 Å². The van der Waals surface area contributed by atoms with Gasteiger partial charge in [-0.1, -0.05) is 13.3 Å². The van der Waals surface area contributed by atoms with Crippen LogP contribution in [-0.2, 0) is 13.0 Å². The highest BCUT2D eigenvalue weighted by molar-refractivity contribution is 5.88. The van der Waals surface area contributed by atoms with Crippen LogP contribution in [-0.4, -0.2) is 32.2 Å². The van der Waals surface area contributed by atoms with Crippen molar-refractivity contribution in [3.05, 3.63) is 51.3 Å². The summed E-state index contributed by atoms with van der Waals surface area (Å²) in [4.78, 5) is 32.3. The van der Waals surface area contributed by atoms with E-state index in [-0.39, 0.29) is 5.56 Å². The van der Waals surface area contributed by atoms with Crippen LogP contribution in [0.15, 0.2) is 23.1 Å². The lowest BCUT2D eigenvalue weighted by Crippen LogP contribution is -2.29. The van der Waals surface area contributed by atoms with Crippen molar-refractivity contribution >= 4 is 11.8 Å². The molecule has 0 fully saturated rings. The Hall–Kier alpha value is -2.70. The summed E-state index contributed by atoms with van der Waals surface area (Å²) < 4.78 is 1.40. The van der Waals surface area contributed by atoms with Crippen LogP contribution in [0.3, 0.4) is 0 Å². The SMILES string of the molecule is CCCCc1nc(C)cc(NCCn2ccc(C)c(C(=O)O)c2=O)n1. The van der Waals surface area contributed by atoms with Crippen LogP contribution in [0.2, 0.25) is 0 Å². The molecule has 0 aliphatic carbocycles. The average Bonchev–Trinajstić information content (AvgIpc) is 2.54. The minimum atomic E-state index is -1.20. The van der Waals surface area contributed by atoms with E-state index in [1.807, 2.05) is 13.0 Å². The predicted octanol–water partition coefficient (Wildman–Crippen LogP) is 2.41. The molecule has 0 bridgehead atoms. The molecule has 0 saturated heterocycles. The van der Waals surface area contributed by atoms with Gasteiger partial charge in [0.05, 0.1) is 0 Å². The number of carboxylic acids is 1. The normalized spacial score (nSPS) is 10.7. The minimum absolute atomic E-state index is 0.178. The third-order valence-corrected chi connectivity index (χ3v) is 3.90. The van der Waals surface area contributed by atoms with Gasteiger partial charge in [-0.05, 0) is 31.9 Å². The Balaban J connectivity index is 2.06. The number of nitrogens with one attached hydrogen (secondary N) is 1. The number of unbranched alkanes of at least 4 members (excludes halogenated alkanes) is 1. The van der Waals surface area contributed by atoms with Crippen LogP contribution >= 0.6 is 0 Å². The predicted molar refractivity (Wildman–Crippen MR) is 96.3 cm³/mol. The Morgan fingerprint density at radius 1 is 1.32 bits per heavy atom. The molecular formula is C18H24N4O3. The molecule has 0 amide bonds. The molecule has 2 aromatic heterocycles. The molecule has 7 heteroatoms. The van der Waals surface area contributed by atoms with E-state index in [9.17, 15) is 9.59 Å². The van der Waals surface area contributed by atoms with Crippen molar-refractivity contribution in [3.63, 3.8) is 0 Å². The lowest BCUT2D eigenvalue weighted by atomic mass is 10.1. The molecule has 0 radical (unpaired) electrons. The van der Waals surface area contributed by atoms with E-state index >= 15 is 0 Å². The average molecular weight is 344 g/mol. The lowest BCUT2D eigenvalue weighted by Gasteiger charge is -2.11. The maximum absolute atomic E-state index is 12.2. The number of aromatic nitrogens is 3. The van der Waals surface area contributed by atoms with Gasteiger partial charge in [0.1, 0.15) is 17.2 Å². The summed E-state index contributed by atoms with van der Waals surface area (Å²) in [5.41, 5.74) is 0.692. The first-order valence-corrected chi connectivity index (χ1v) is 8.44. The first-order chi connectivity index (χ1) is 11.9. The third kappa shape index (κ3) is 4.89. The summed E-state index contributed by atoms with van der Waals surface area (Å²) in [5.74, 6) is 0.332. The zero-order chi connectivity index (χ0) is 18.4. The van der Waals surface area contributed by atoms with Crippen LogP contribution in [0, 0.1) is 13.8 Å². The van der Waals surface area contributed by atoms with Crippen LogP contribution in [0.4, 0.5) is 5.82 Å². The van der Waals surface area contributed by atoms with Gasteiger partial charge in [0.15, 0.2) is 0 Å². The Kier molecular flexibility index (Phi) is 6.27. The number of aromatic carboxylic acids is 1. The van der Waals surface area contributed by atoms with E-state index < -0.39 is 11.5 Å². The molecular weight excluding hydrogens is 320 g/mol. The molecule has 0 aliphatic rings. The summed E-state index contributed by atoms with van der Waals surface area (Å²) in [6.45, 7) is 6.49. The fourth-order valence-corrected chi connectivity index (χ4v) is 2.57. The Morgan fingerprint density at radius 3 is 2.76 bits per heavy atom. The quantitative estimate of drug-likeness (QED) is 0.763. The molecule has 0 spiro atoms. The van der Waals surface area contributed by atoms with E-state index in [2.05, 4.69) is 22.2 Å². The van der Waals surface area contributed by atoms with Crippen molar-refractivity contribution in [2.75, 3.05) is 11.9 Å². The highest BCUT2D eigenvalue weighted by Crippen LogP contribution is 2.08. The van der Waals surface area contributed by atoms with Gasteiger partial charge < -0.3 is 15.0 Å². The second-order valence-corrected chi connectivity index (χ2v) is 6.02. The molecule has 2 N–H and O–H groups in total. The molecule has 0 atom stereocenters. The maximum atomic E-state index is 12.2. The van der Waals surface area contributed by atoms with Crippen molar-refractivity contribution < 1.29 is 9.90 Å². The van der Waals surface area contributed by atoms with E-state index in [0.29, 0.717) is 18.7 Å². The Bertz CT molecular complexity index is 814. The number of carbonyl (C=O) groups is 1. The number of hydrogen-bond donors (Lipinski definition) is 2. The Labute approximate surface area is 146 Å². The number of carboxylic acid groups (broad SMARTS) is 1. The first-order valence-electron chi connectivity index (χ1n) is 8.44. The molecule has 7 nitrogen and oxygen atoms in total. The first kappa shape index (κ1) is 18.6. The molecule has 2 heterocycles. The standard InChI is InChI=1S/C18H24N4O3/c1-4-5-6-14-20-13(3)11-15(21-14)19-8-10-22-9-7-12(2)16(17(22)23)18(24)25/h7,9,11H,4-6,8,10H2,1-3H3,(H,24,25)(H,19,20,21). The molecule has 0 aliphatic heterocycles. The highest BCUT2D eigenvalue weighted by atomic mass is 16.4. The van der Waals surface area contributed by atoms with Crippen molar-refractivity contribution in [2.45, 2.75) is 46.6 Å². The number of hydrogen-bond acceptors (Lipinski definition) is 5. The second-order valence-electron chi connectivity index (χ2n) is 6.02. The van der Waals surface area contributed by atoms with E-state index in [1.54, 1.807) is 19.2 Å². The van der Waals surface area contributed by atoms with Gasteiger partial charge in [-0.25, -0.2) is 14.8 Å². The summed E-state index contributed by atoms with van der Waals surface area (Å²) in [7, 11) is 0. The van der Waals surface area contributed by atoms with Gasteiger partial charge in [-0.3, -0.25) is 4.79 Å². The summed E-state index contributed by atoms with van der Waals surface area (Å²) in [5, 5.41) is 12.3. The lowest BCUT2D eigenvalue weighted by molar-refractivity contribution is 0.0693. The number of aryl methyl sites for hydroxylation is 3. The fraction of sp³-hybridized carbons (Fsp3) is 0.444. The monoisotopic (exact) mass is 344 g/mol. The van der Waals surface area contributed by atoms with Crippen LogP contribution in [0.1, 0.15) is 47.2 Å². The van der Waals surface area contributed by atoms with Gasteiger partial charge in [0.2, 0.25) is 0 Å². The summed E-state index contributed by atoms with van der Waals surface area (Å²) in [6.07, 6.45) is 4.58. The van der Waals surface area contributed by atoms with Crippen molar-refractivity contribution in [1.82, 2.24) is 14.5 Å². The minimum Gasteiger partial charge on any atom is -0.477 e. The topological polar surface area (TPSA) is 97.1 Å². The van der Waals surface area contributed by atoms with Crippen molar-refractivity contribution in [3.8, 4) is 0 Å². The molecule has 25 heavy (non-hydrogen) atoms. The molecule has 0 aromatic carbocycles.